The highest BCUT2D eigenvalue weighted by molar-refractivity contribution is 7.09. The van der Waals surface area contributed by atoms with Gasteiger partial charge in [0.1, 0.15) is 0 Å². The molecule has 1 saturated carbocycles. The van der Waals surface area contributed by atoms with Crippen LogP contribution in [0.2, 0.25) is 0 Å². The van der Waals surface area contributed by atoms with Crippen LogP contribution in [0.1, 0.15) is 79.1 Å². The summed E-state index contributed by atoms with van der Waals surface area (Å²) in [6.07, 6.45) is 11.9. The molecule has 0 unspecified atom stereocenters. The number of nitrogens with zero attached hydrogens (tertiary/aromatic N) is 2. The first-order chi connectivity index (χ1) is 14.2. The summed E-state index contributed by atoms with van der Waals surface area (Å²) >= 11 is 1.71. The number of aromatic nitrogens is 2. The summed E-state index contributed by atoms with van der Waals surface area (Å²) in [6, 6.07) is 9.46. The molecule has 1 fully saturated rings. The van der Waals surface area contributed by atoms with E-state index in [1.165, 1.54) is 46.4 Å². The quantitative estimate of drug-likeness (QED) is 0.447. The molecular weight excluding hydrogens is 384 g/mol. The van der Waals surface area contributed by atoms with Gasteiger partial charge in [0.05, 0.1) is 10.7 Å². The summed E-state index contributed by atoms with van der Waals surface area (Å²) in [6.45, 7) is 11.6. The van der Waals surface area contributed by atoms with Gasteiger partial charge in [-0.2, -0.15) is 0 Å². The number of pyridine rings is 1. The number of benzene rings is 1. The zero-order chi connectivity index (χ0) is 21.1. The van der Waals surface area contributed by atoms with Crippen LogP contribution in [-0.2, 0) is 22.7 Å². The van der Waals surface area contributed by atoms with Crippen molar-refractivity contribution in [2.75, 3.05) is 0 Å². The average molecular weight is 415 g/mol. The van der Waals surface area contributed by atoms with Crippen molar-refractivity contribution < 1.29 is 0 Å². The van der Waals surface area contributed by atoms with Crippen LogP contribution >= 0.6 is 11.3 Å². The molecule has 30 heavy (non-hydrogen) atoms. The molecule has 2 heterocycles. The van der Waals surface area contributed by atoms with E-state index in [9.17, 15) is 0 Å². The molecular formula is C27H30N2S. The van der Waals surface area contributed by atoms with Crippen molar-refractivity contribution in [2.45, 2.75) is 70.1 Å². The van der Waals surface area contributed by atoms with Crippen molar-refractivity contribution in [1.29, 1.82) is 0 Å². The Morgan fingerprint density at radius 1 is 0.900 bits per heavy atom. The lowest BCUT2D eigenvalue weighted by molar-refractivity contribution is 0.560. The maximum atomic E-state index is 4.95. The molecule has 2 aliphatic carbocycles. The smallest absolute Gasteiger partial charge is 0.0969 e. The van der Waals surface area contributed by atoms with E-state index in [0.29, 0.717) is 0 Å². The maximum Gasteiger partial charge on any atom is 0.0969 e. The molecule has 0 N–H and O–H groups in total. The number of aryl methyl sites for hydroxylation is 1. The molecule has 0 amide bonds. The van der Waals surface area contributed by atoms with Crippen LogP contribution in [-0.4, -0.2) is 9.97 Å². The molecule has 3 aromatic rings. The van der Waals surface area contributed by atoms with Crippen LogP contribution in [0.25, 0.3) is 0 Å². The van der Waals surface area contributed by atoms with Gasteiger partial charge in [-0.15, -0.1) is 11.3 Å². The van der Waals surface area contributed by atoms with Gasteiger partial charge in [0.25, 0.3) is 0 Å². The van der Waals surface area contributed by atoms with Gasteiger partial charge in [-0.05, 0) is 53.6 Å². The fourth-order valence-corrected chi connectivity index (χ4v) is 5.65. The van der Waals surface area contributed by atoms with E-state index in [1.54, 1.807) is 11.3 Å². The highest BCUT2D eigenvalue weighted by atomic mass is 32.1. The molecule has 2 aliphatic rings. The molecule has 0 aliphatic heterocycles. The zero-order valence-corrected chi connectivity index (χ0v) is 19.4. The Balaban J connectivity index is 1.53. The van der Waals surface area contributed by atoms with E-state index in [0.717, 1.165) is 11.4 Å². The first kappa shape index (κ1) is 19.7. The van der Waals surface area contributed by atoms with Gasteiger partial charge in [-0.3, -0.25) is 4.98 Å². The van der Waals surface area contributed by atoms with Crippen LogP contribution in [0.5, 0.6) is 0 Å². The molecule has 0 bridgehead atoms. The molecule has 0 radical (unpaired) electrons. The fourth-order valence-electron chi connectivity index (χ4n) is 5.00. The first-order valence-corrected chi connectivity index (χ1v) is 11.8. The Hall–Kier alpha value is -2.26. The number of fused-ring (bicyclic) bond motifs is 1. The van der Waals surface area contributed by atoms with Gasteiger partial charge in [-0.25, -0.2) is 4.98 Å². The second-order valence-electron chi connectivity index (χ2n) is 10.2. The second kappa shape index (κ2) is 6.62. The Morgan fingerprint density at radius 2 is 1.60 bits per heavy atom. The molecule has 2 aromatic heterocycles. The van der Waals surface area contributed by atoms with Crippen LogP contribution < -0.4 is 0 Å². The van der Waals surface area contributed by atoms with Crippen LogP contribution in [0.15, 0.2) is 54.2 Å². The second-order valence-corrected chi connectivity index (χ2v) is 11.2. The summed E-state index contributed by atoms with van der Waals surface area (Å²) in [7, 11) is 0. The minimum Gasteiger partial charge on any atom is -0.260 e. The average Bonchev–Trinajstić information content (AvgIpc) is 3.35. The van der Waals surface area contributed by atoms with Crippen molar-refractivity contribution in [2.24, 2.45) is 0 Å². The van der Waals surface area contributed by atoms with E-state index in [-0.39, 0.29) is 16.2 Å². The number of rotatable bonds is 4. The van der Waals surface area contributed by atoms with E-state index >= 15 is 0 Å². The summed E-state index contributed by atoms with van der Waals surface area (Å²) in [4.78, 5) is 9.36. The van der Waals surface area contributed by atoms with E-state index < -0.39 is 0 Å². The molecule has 0 atom stereocenters. The van der Waals surface area contributed by atoms with E-state index in [4.69, 9.17) is 4.98 Å². The van der Waals surface area contributed by atoms with Gasteiger partial charge in [-0.1, -0.05) is 58.0 Å². The fraction of sp³-hybridized carbons (Fsp3) is 0.407. The standard InChI is InChI=1S/C27H30N2S/c1-18-14-21-22(26(4,5)9-8-25(21,2)3)16-20(18)27(10-11-27)23-7-6-19(17-29-23)15-24-28-12-13-30-24/h6-9,12-14,16-17H,10-11,15H2,1-5H3. The van der Waals surface area contributed by atoms with Crippen molar-refractivity contribution in [1.82, 2.24) is 9.97 Å². The molecule has 0 spiro atoms. The third kappa shape index (κ3) is 3.15. The Bertz CT molecular complexity index is 1110. The van der Waals surface area contributed by atoms with Crippen LogP contribution in [0, 0.1) is 6.92 Å². The summed E-state index contributed by atoms with van der Waals surface area (Å²) < 4.78 is 0. The van der Waals surface area contributed by atoms with Gasteiger partial charge < -0.3 is 0 Å². The lowest BCUT2D eigenvalue weighted by Gasteiger charge is -2.38. The van der Waals surface area contributed by atoms with Crippen molar-refractivity contribution >= 4 is 11.3 Å². The van der Waals surface area contributed by atoms with Gasteiger partial charge in [0, 0.05) is 40.4 Å². The first-order valence-electron chi connectivity index (χ1n) is 10.9. The summed E-state index contributed by atoms with van der Waals surface area (Å²) in [5, 5.41) is 3.18. The lowest BCUT2D eigenvalue weighted by Crippen LogP contribution is -2.30. The maximum absolute atomic E-state index is 4.95. The lowest BCUT2D eigenvalue weighted by atomic mass is 9.66. The number of hydrogen-bond donors (Lipinski definition) is 0. The Morgan fingerprint density at radius 3 is 2.17 bits per heavy atom. The van der Waals surface area contributed by atoms with Gasteiger partial charge in [0.2, 0.25) is 0 Å². The Kier molecular flexibility index (Phi) is 4.34. The molecule has 154 valence electrons. The minimum absolute atomic E-state index is 0.0639. The normalized spacial score (nSPS) is 20.0. The monoisotopic (exact) mass is 414 g/mol. The SMILES string of the molecule is Cc1cc2c(cc1C1(c3ccc(Cc4nccs4)cn3)CC1)C(C)(C)C=CC2(C)C. The minimum atomic E-state index is 0.0639. The van der Waals surface area contributed by atoms with Crippen LogP contribution in [0.4, 0.5) is 0 Å². The number of thiazole rings is 1. The van der Waals surface area contributed by atoms with Crippen molar-refractivity contribution in [3.8, 4) is 0 Å². The van der Waals surface area contributed by atoms with Gasteiger partial charge >= 0.3 is 0 Å². The van der Waals surface area contributed by atoms with Crippen molar-refractivity contribution in [3.05, 3.63) is 92.7 Å². The Labute approximate surface area is 184 Å². The number of allylic oxidation sites excluding steroid dienone is 2. The van der Waals surface area contributed by atoms with E-state index in [1.807, 2.05) is 11.6 Å². The molecule has 5 rings (SSSR count). The zero-order valence-electron chi connectivity index (χ0n) is 18.6. The summed E-state index contributed by atoms with van der Waals surface area (Å²) in [5.41, 5.74) is 8.51. The highest BCUT2D eigenvalue weighted by Gasteiger charge is 2.49. The molecule has 3 heteroatoms. The third-order valence-corrected chi connectivity index (χ3v) is 7.87. The predicted molar refractivity (Wildman–Crippen MR) is 126 cm³/mol. The van der Waals surface area contributed by atoms with Crippen LogP contribution in [0.3, 0.4) is 0 Å². The van der Waals surface area contributed by atoms with E-state index in [2.05, 4.69) is 82.2 Å². The molecule has 0 saturated heterocycles. The predicted octanol–water partition coefficient (Wildman–Crippen LogP) is 6.64. The van der Waals surface area contributed by atoms with Crippen molar-refractivity contribution in [3.63, 3.8) is 0 Å². The van der Waals surface area contributed by atoms with Gasteiger partial charge in [0.15, 0.2) is 0 Å². The summed E-state index contributed by atoms with van der Waals surface area (Å²) in [5.74, 6) is 0. The third-order valence-electron chi connectivity index (χ3n) is 7.09. The number of hydrogen-bond acceptors (Lipinski definition) is 3. The molecule has 2 nitrogen and oxygen atoms in total. The topological polar surface area (TPSA) is 25.8 Å². The largest absolute Gasteiger partial charge is 0.260 e. The molecule has 1 aromatic carbocycles. The highest BCUT2D eigenvalue weighted by Crippen LogP contribution is 2.55.